The van der Waals surface area contributed by atoms with E-state index in [1.54, 1.807) is 18.2 Å². The van der Waals surface area contributed by atoms with Gasteiger partial charge in [0.1, 0.15) is 24.2 Å². The standard InChI is InChI=1S/C50H72IN7O21/c1-3-6-33(51)29-30(2)44(68)52-21-5-4-7-37(49(73)74)57-48(72)36(14-19-43(66)67)56-47(71)35(13-18-42(64)65)55-46(70)34(12-17-41(62)63)54-38(59)20-23-76-25-27-78-28-26-77-24-22-53-45(69)31-8-10-32(11-9-31)50(75)79-58-39(60)15-16-40(58)61/h3,6,29,31-32,34-37H,2,4-5,7-28H2,1H3,(H,52,68)(H,53,69)(H,54,59)(H,55,70)(H,56,71)(H,57,72)(H,62,63)(H,64,65)(H,66,67)(H,73,74)/b6-3-,33-29+/t31?,32?,34-,35-,36-,37-/m1/s1. The van der Waals surface area contributed by atoms with Crippen molar-refractivity contribution in [3.8, 4) is 0 Å². The van der Waals surface area contributed by atoms with Crippen molar-refractivity contribution in [3.63, 3.8) is 0 Å². The summed E-state index contributed by atoms with van der Waals surface area (Å²) in [5.41, 5.74) is 0.194. The van der Waals surface area contributed by atoms with Crippen LogP contribution < -0.4 is 31.9 Å². The van der Waals surface area contributed by atoms with Gasteiger partial charge in [-0.05, 0) is 99.8 Å². The van der Waals surface area contributed by atoms with Crippen LogP contribution in [0.15, 0.2) is 34.0 Å². The van der Waals surface area contributed by atoms with Gasteiger partial charge in [0.25, 0.3) is 17.7 Å². The topological polar surface area (TPSA) is 415 Å². The zero-order valence-corrected chi connectivity index (χ0v) is 46.1. The molecule has 1 aliphatic heterocycles. The molecule has 1 saturated carbocycles. The highest BCUT2D eigenvalue weighted by Gasteiger charge is 2.37. The van der Waals surface area contributed by atoms with Gasteiger partial charge >= 0.3 is 29.8 Å². The van der Waals surface area contributed by atoms with E-state index in [9.17, 15) is 82.8 Å². The first-order valence-corrected chi connectivity index (χ1v) is 26.7. The van der Waals surface area contributed by atoms with E-state index in [0.717, 1.165) is 3.58 Å². The lowest BCUT2D eigenvalue weighted by molar-refractivity contribution is -0.201. The maximum Gasteiger partial charge on any atom is 0.336 e. The molecule has 440 valence electrons. The predicted octanol–water partition coefficient (Wildman–Crippen LogP) is 0.312. The normalized spacial score (nSPS) is 16.9. The number of amides is 8. The molecule has 1 heterocycles. The summed E-state index contributed by atoms with van der Waals surface area (Å²) in [6, 6.07) is -6.54. The van der Waals surface area contributed by atoms with E-state index in [1.807, 2.05) is 29.5 Å². The van der Waals surface area contributed by atoms with Crippen molar-refractivity contribution < 1.29 is 102 Å². The number of imide groups is 1. The number of carbonyl (C=O) groups is 13. The highest BCUT2D eigenvalue weighted by atomic mass is 127. The highest BCUT2D eigenvalue weighted by Crippen LogP contribution is 2.30. The molecular weight excluding hydrogens is 1160 g/mol. The summed E-state index contributed by atoms with van der Waals surface area (Å²) < 4.78 is 17.1. The number of ether oxygens (including phenoxy) is 3. The summed E-state index contributed by atoms with van der Waals surface area (Å²) in [5.74, 6) is -13.0. The van der Waals surface area contributed by atoms with Gasteiger partial charge in [0, 0.05) is 66.7 Å². The van der Waals surface area contributed by atoms with Crippen molar-refractivity contribution in [2.24, 2.45) is 11.8 Å². The third kappa shape index (κ3) is 28.5. The maximum absolute atomic E-state index is 13.6. The molecule has 2 rings (SSSR count). The average molecular weight is 1230 g/mol. The van der Waals surface area contributed by atoms with Crippen LogP contribution >= 0.6 is 22.6 Å². The molecule has 1 saturated heterocycles. The number of nitrogens with zero attached hydrogens (tertiary/aromatic N) is 1. The predicted molar refractivity (Wildman–Crippen MR) is 282 cm³/mol. The Morgan fingerprint density at radius 2 is 1.08 bits per heavy atom. The first-order chi connectivity index (χ1) is 37.5. The van der Waals surface area contributed by atoms with Crippen LogP contribution in [0.3, 0.4) is 0 Å². The van der Waals surface area contributed by atoms with Gasteiger partial charge in [-0.3, -0.25) is 52.7 Å². The van der Waals surface area contributed by atoms with Crippen molar-refractivity contribution in [1.82, 2.24) is 37.0 Å². The first-order valence-electron chi connectivity index (χ1n) is 25.7. The molecule has 8 amide bonds. The van der Waals surface area contributed by atoms with Gasteiger partial charge in [0.2, 0.25) is 29.5 Å². The average Bonchev–Trinajstić information content (AvgIpc) is 3.72. The monoisotopic (exact) mass is 1230 g/mol. The number of carbonyl (C=O) groups excluding carboxylic acids is 9. The number of carboxylic acids is 4. The second-order valence-electron chi connectivity index (χ2n) is 18.2. The number of allylic oxidation sites excluding steroid dienone is 3. The third-order valence-electron chi connectivity index (χ3n) is 12.0. The van der Waals surface area contributed by atoms with Crippen LogP contribution in [0.1, 0.15) is 110 Å². The second kappa shape index (κ2) is 37.9. The zero-order chi connectivity index (χ0) is 58.9. The SMILES string of the molecule is C=C(/C=C(I)\C=C/C)C(=O)NCCCC[C@@H](NC(=O)[C@@H](CCC(=O)O)NC(=O)[C@@H](CCC(=O)O)NC(=O)[C@@H](CCC(=O)O)NC(=O)CCOCCOCCOCCNC(=O)C1CCC(C(=O)ON2C(=O)CCC2=O)CC1)C(=O)O. The summed E-state index contributed by atoms with van der Waals surface area (Å²) in [5, 5.41) is 53.0. The van der Waals surface area contributed by atoms with Crippen LogP contribution in [0, 0.1) is 11.8 Å². The van der Waals surface area contributed by atoms with E-state index >= 15 is 0 Å². The molecule has 4 atom stereocenters. The Bertz CT molecular complexity index is 2220. The van der Waals surface area contributed by atoms with Crippen molar-refractivity contribution in [2.75, 3.05) is 52.7 Å². The molecule has 0 unspecified atom stereocenters. The largest absolute Gasteiger partial charge is 0.481 e. The quantitative estimate of drug-likeness (QED) is 0.0130. The van der Waals surface area contributed by atoms with Crippen LogP contribution in [-0.2, 0) is 81.4 Å². The number of aliphatic carboxylic acids is 4. The van der Waals surface area contributed by atoms with Crippen LogP contribution in [0.2, 0.25) is 0 Å². The van der Waals surface area contributed by atoms with E-state index < -0.39 is 140 Å². The molecule has 0 aromatic rings. The Labute approximate surface area is 469 Å². The molecule has 2 fully saturated rings. The Kier molecular flexibility index (Phi) is 32.7. The Balaban J connectivity index is 1.82. The molecule has 0 radical (unpaired) electrons. The van der Waals surface area contributed by atoms with Crippen molar-refractivity contribution in [1.29, 1.82) is 0 Å². The van der Waals surface area contributed by atoms with Gasteiger partial charge in [-0.15, -0.1) is 5.06 Å². The number of hydrogen-bond donors (Lipinski definition) is 10. The molecule has 0 aromatic carbocycles. The Hall–Kier alpha value is -6.86. The minimum atomic E-state index is -1.74. The summed E-state index contributed by atoms with van der Waals surface area (Å²) in [6.45, 7) is 6.39. The number of halogens is 1. The third-order valence-corrected chi connectivity index (χ3v) is 12.7. The Morgan fingerprint density at radius 3 is 1.57 bits per heavy atom. The van der Waals surface area contributed by atoms with Gasteiger partial charge in [-0.1, -0.05) is 18.7 Å². The number of hydrogen-bond acceptors (Lipinski definition) is 17. The van der Waals surface area contributed by atoms with E-state index in [2.05, 4.69) is 38.5 Å². The van der Waals surface area contributed by atoms with Crippen molar-refractivity contribution in [3.05, 3.63) is 34.0 Å². The Morgan fingerprint density at radius 1 is 0.608 bits per heavy atom. The van der Waals surface area contributed by atoms with Gasteiger partial charge < -0.3 is 71.4 Å². The number of nitrogens with one attached hydrogen (secondary N) is 6. The van der Waals surface area contributed by atoms with Gasteiger partial charge in [-0.25, -0.2) is 9.59 Å². The van der Waals surface area contributed by atoms with Crippen molar-refractivity contribution >= 4 is 99.7 Å². The fourth-order valence-electron chi connectivity index (χ4n) is 7.69. The minimum absolute atomic E-state index is 0.00401. The lowest BCUT2D eigenvalue weighted by atomic mass is 9.81. The van der Waals surface area contributed by atoms with Crippen LogP contribution in [-0.4, -0.2) is 179 Å². The fraction of sp³-hybridized carbons (Fsp3) is 0.620. The summed E-state index contributed by atoms with van der Waals surface area (Å²) >= 11 is 2.02. The summed E-state index contributed by atoms with van der Waals surface area (Å²) in [7, 11) is 0. The van der Waals surface area contributed by atoms with Gasteiger partial charge in [-0.2, -0.15) is 0 Å². The number of hydroxylamine groups is 2. The van der Waals surface area contributed by atoms with E-state index in [1.165, 1.54) is 0 Å². The molecule has 1 aliphatic carbocycles. The van der Waals surface area contributed by atoms with Crippen LogP contribution in [0.25, 0.3) is 0 Å². The van der Waals surface area contributed by atoms with Crippen LogP contribution in [0.4, 0.5) is 0 Å². The molecule has 29 heteroatoms. The van der Waals surface area contributed by atoms with Crippen LogP contribution in [0.5, 0.6) is 0 Å². The van der Waals surface area contributed by atoms with E-state index in [4.69, 9.17) is 19.0 Å². The molecule has 79 heavy (non-hydrogen) atoms. The maximum atomic E-state index is 13.6. The second-order valence-corrected chi connectivity index (χ2v) is 19.4. The minimum Gasteiger partial charge on any atom is -0.481 e. The first kappa shape index (κ1) is 68.2. The van der Waals surface area contributed by atoms with Gasteiger partial charge in [0.15, 0.2) is 0 Å². The lowest BCUT2D eigenvalue weighted by Gasteiger charge is -2.27. The fourth-order valence-corrected chi connectivity index (χ4v) is 8.43. The summed E-state index contributed by atoms with van der Waals surface area (Å²) in [6.07, 6.45) is 3.07. The molecule has 0 spiro atoms. The molecule has 10 N–H and O–H groups in total. The summed E-state index contributed by atoms with van der Waals surface area (Å²) in [4.78, 5) is 166. The molecule has 0 bridgehead atoms. The number of carboxylic acid groups (broad SMARTS) is 4. The molecule has 0 aromatic heterocycles. The molecular formula is C50H72IN7O21. The van der Waals surface area contributed by atoms with E-state index in [-0.39, 0.29) is 109 Å². The van der Waals surface area contributed by atoms with Gasteiger partial charge in [0.05, 0.1) is 45.6 Å². The van der Waals surface area contributed by atoms with Crippen molar-refractivity contribution in [2.45, 2.75) is 134 Å². The number of unbranched alkanes of at least 4 members (excludes halogenated alkanes) is 1. The van der Waals surface area contributed by atoms with E-state index in [0.29, 0.717) is 30.7 Å². The molecule has 28 nitrogen and oxygen atoms in total. The number of rotatable bonds is 40. The lowest BCUT2D eigenvalue weighted by Crippen LogP contribution is -2.58. The smallest absolute Gasteiger partial charge is 0.336 e. The molecule has 2 aliphatic rings. The highest BCUT2D eigenvalue weighted by molar-refractivity contribution is 14.1. The zero-order valence-electron chi connectivity index (χ0n) is 43.9.